The van der Waals surface area contributed by atoms with E-state index in [0.29, 0.717) is 12.4 Å². The van der Waals surface area contributed by atoms with E-state index in [1.807, 2.05) is 6.92 Å². The summed E-state index contributed by atoms with van der Waals surface area (Å²) in [4.78, 5) is 14.9. The molecule has 0 unspecified atom stereocenters. The summed E-state index contributed by atoms with van der Waals surface area (Å²) >= 11 is 4.71. The van der Waals surface area contributed by atoms with Gasteiger partial charge in [0, 0.05) is 6.54 Å². The van der Waals surface area contributed by atoms with Crippen LogP contribution in [0.1, 0.15) is 23.8 Å². The third kappa shape index (κ3) is 2.66. The van der Waals surface area contributed by atoms with Crippen LogP contribution in [0.5, 0.6) is 0 Å². The van der Waals surface area contributed by atoms with Gasteiger partial charge in [-0.25, -0.2) is 4.98 Å². The van der Waals surface area contributed by atoms with Crippen molar-refractivity contribution in [2.24, 2.45) is 11.5 Å². The number of thiocarbonyl (C=S) groups is 1. The van der Waals surface area contributed by atoms with E-state index < -0.39 is 5.91 Å². The van der Waals surface area contributed by atoms with Crippen LogP contribution >= 0.6 is 12.2 Å². The van der Waals surface area contributed by atoms with E-state index in [4.69, 9.17) is 23.7 Å². The molecule has 0 spiro atoms. The number of carbonyl (C=O) groups excluding carboxylic acids is 1. The first-order chi connectivity index (χ1) is 7.06. The van der Waals surface area contributed by atoms with Crippen LogP contribution in [0.15, 0.2) is 6.33 Å². The SMILES string of the molecule is CCCn1cnc(C(N)=O)c1NC(N)=S. The molecule has 1 heterocycles. The Balaban J connectivity index is 3.07. The zero-order valence-electron chi connectivity index (χ0n) is 8.36. The molecule has 15 heavy (non-hydrogen) atoms. The van der Waals surface area contributed by atoms with Crippen molar-refractivity contribution in [2.75, 3.05) is 5.32 Å². The summed E-state index contributed by atoms with van der Waals surface area (Å²) in [5, 5.41) is 2.78. The standard InChI is InChI=1S/C8H13N5OS/c1-2-3-13-4-11-5(6(9)14)7(13)12-8(10)15/h4H,2-3H2,1H3,(H2,9,14)(H3,10,12,15). The van der Waals surface area contributed by atoms with Crippen LogP contribution in [0.25, 0.3) is 0 Å². The molecule has 1 aromatic rings. The van der Waals surface area contributed by atoms with Crippen LogP contribution in [0, 0.1) is 0 Å². The molecule has 0 aliphatic rings. The van der Waals surface area contributed by atoms with Crippen molar-refractivity contribution in [1.82, 2.24) is 9.55 Å². The van der Waals surface area contributed by atoms with Crippen molar-refractivity contribution in [3.8, 4) is 0 Å². The van der Waals surface area contributed by atoms with Gasteiger partial charge >= 0.3 is 0 Å². The molecule has 5 N–H and O–H groups in total. The fourth-order valence-corrected chi connectivity index (χ4v) is 1.32. The molecule has 1 rings (SSSR count). The second kappa shape index (κ2) is 4.74. The van der Waals surface area contributed by atoms with Gasteiger partial charge in [-0.15, -0.1) is 0 Å². The predicted octanol–water partition coefficient (Wildman–Crippen LogP) is 0.0475. The van der Waals surface area contributed by atoms with Crippen molar-refractivity contribution < 1.29 is 4.79 Å². The molecule has 0 atom stereocenters. The lowest BCUT2D eigenvalue weighted by molar-refractivity contribution is 0.0997. The molecule has 1 aromatic heterocycles. The highest BCUT2D eigenvalue weighted by Crippen LogP contribution is 2.14. The van der Waals surface area contributed by atoms with Gasteiger partial charge in [0.15, 0.2) is 10.8 Å². The van der Waals surface area contributed by atoms with E-state index in [0.717, 1.165) is 6.42 Å². The molecule has 0 radical (unpaired) electrons. The average molecular weight is 227 g/mol. The van der Waals surface area contributed by atoms with Gasteiger partial charge in [-0.1, -0.05) is 6.92 Å². The lowest BCUT2D eigenvalue weighted by Crippen LogP contribution is -2.24. The maximum atomic E-state index is 11.0. The molecule has 0 aromatic carbocycles. The van der Waals surface area contributed by atoms with Crippen LogP contribution in [0.2, 0.25) is 0 Å². The monoisotopic (exact) mass is 227 g/mol. The lowest BCUT2D eigenvalue weighted by Gasteiger charge is -2.08. The number of nitrogens with zero attached hydrogens (tertiary/aromatic N) is 2. The van der Waals surface area contributed by atoms with Crippen molar-refractivity contribution >= 4 is 29.1 Å². The quantitative estimate of drug-likeness (QED) is 0.631. The molecule has 0 saturated heterocycles. The van der Waals surface area contributed by atoms with E-state index in [1.54, 1.807) is 4.57 Å². The highest BCUT2D eigenvalue weighted by atomic mass is 32.1. The topological polar surface area (TPSA) is 99.0 Å². The largest absolute Gasteiger partial charge is 0.376 e. The minimum atomic E-state index is -0.608. The van der Waals surface area contributed by atoms with Crippen molar-refractivity contribution in [3.63, 3.8) is 0 Å². The summed E-state index contributed by atoms with van der Waals surface area (Å²) in [6.07, 6.45) is 2.44. The molecule has 0 bridgehead atoms. The molecule has 82 valence electrons. The van der Waals surface area contributed by atoms with Crippen LogP contribution in [0.4, 0.5) is 5.82 Å². The number of anilines is 1. The zero-order chi connectivity index (χ0) is 11.4. The maximum Gasteiger partial charge on any atom is 0.271 e. The van der Waals surface area contributed by atoms with Crippen LogP contribution in [-0.2, 0) is 6.54 Å². The average Bonchev–Trinajstić information content (AvgIpc) is 2.48. The number of aromatic nitrogens is 2. The van der Waals surface area contributed by atoms with Gasteiger partial charge in [-0.3, -0.25) is 4.79 Å². The van der Waals surface area contributed by atoms with Gasteiger partial charge in [0.25, 0.3) is 5.91 Å². The van der Waals surface area contributed by atoms with E-state index in [2.05, 4.69) is 10.3 Å². The second-order valence-corrected chi connectivity index (χ2v) is 3.43. The normalized spacial score (nSPS) is 9.93. The van der Waals surface area contributed by atoms with Crippen molar-refractivity contribution in [3.05, 3.63) is 12.0 Å². The van der Waals surface area contributed by atoms with E-state index in [-0.39, 0.29) is 10.8 Å². The molecular formula is C8H13N5OS. The van der Waals surface area contributed by atoms with E-state index in [9.17, 15) is 4.79 Å². The Bertz CT molecular complexity index is 386. The Labute approximate surface area is 92.6 Å². The number of imidazole rings is 1. The number of nitrogens with one attached hydrogen (secondary N) is 1. The molecule has 1 amide bonds. The third-order valence-electron chi connectivity index (χ3n) is 1.78. The van der Waals surface area contributed by atoms with Gasteiger partial charge < -0.3 is 21.4 Å². The minimum Gasteiger partial charge on any atom is -0.376 e. The smallest absolute Gasteiger partial charge is 0.271 e. The number of rotatable bonds is 4. The van der Waals surface area contributed by atoms with Crippen molar-refractivity contribution in [1.29, 1.82) is 0 Å². The second-order valence-electron chi connectivity index (χ2n) is 2.99. The first-order valence-electron chi connectivity index (χ1n) is 4.47. The van der Waals surface area contributed by atoms with Crippen molar-refractivity contribution in [2.45, 2.75) is 19.9 Å². The van der Waals surface area contributed by atoms with E-state index in [1.165, 1.54) is 6.33 Å². The van der Waals surface area contributed by atoms with Gasteiger partial charge in [0.2, 0.25) is 0 Å². The minimum absolute atomic E-state index is 0.0790. The molecule has 0 aliphatic heterocycles. The fraction of sp³-hybridized carbons (Fsp3) is 0.375. The zero-order valence-corrected chi connectivity index (χ0v) is 9.17. The number of hydrogen-bond acceptors (Lipinski definition) is 3. The lowest BCUT2D eigenvalue weighted by atomic mass is 10.4. The number of amides is 1. The summed E-state index contributed by atoms with van der Waals surface area (Å²) in [5.41, 5.74) is 10.7. The van der Waals surface area contributed by atoms with Crippen LogP contribution < -0.4 is 16.8 Å². The first-order valence-corrected chi connectivity index (χ1v) is 4.88. The third-order valence-corrected chi connectivity index (χ3v) is 1.88. The molecular weight excluding hydrogens is 214 g/mol. The number of aryl methyl sites for hydroxylation is 1. The number of nitrogens with two attached hydrogens (primary N) is 2. The maximum absolute atomic E-state index is 11.0. The number of hydrogen-bond donors (Lipinski definition) is 3. The molecule has 0 saturated carbocycles. The van der Waals surface area contributed by atoms with Gasteiger partial charge in [-0.2, -0.15) is 0 Å². The Morgan fingerprint density at radius 3 is 2.80 bits per heavy atom. The summed E-state index contributed by atoms with van der Waals surface area (Å²) in [6, 6.07) is 0. The van der Waals surface area contributed by atoms with E-state index >= 15 is 0 Å². The predicted molar refractivity (Wildman–Crippen MR) is 61.4 cm³/mol. The number of primary amides is 1. The van der Waals surface area contributed by atoms with Gasteiger partial charge in [0.05, 0.1) is 6.33 Å². The summed E-state index contributed by atoms with van der Waals surface area (Å²) in [7, 11) is 0. The highest BCUT2D eigenvalue weighted by Gasteiger charge is 2.15. The van der Waals surface area contributed by atoms with Crippen LogP contribution in [-0.4, -0.2) is 20.6 Å². The Hall–Kier alpha value is -1.63. The fourth-order valence-electron chi connectivity index (χ4n) is 1.22. The van der Waals surface area contributed by atoms with Gasteiger partial charge in [-0.05, 0) is 18.6 Å². The highest BCUT2D eigenvalue weighted by molar-refractivity contribution is 7.80. The Morgan fingerprint density at radius 2 is 2.33 bits per heavy atom. The molecule has 0 aliphatic carbocycles. The molecule has 0 fully saturated rings. The molecule has 7 heteroatoms. The first kappa shape index (κ1) is 11.4. The summed E-state index contributed by atoms with van der Waals surface area (Å²) < 4.78 is 1.75. The summed E-state index contributed by atoms with van der Waals surface area (Å²) in [6.45, 7) is 2.72. The van der Waals surface area contributed by atoms with Crippen LogP contribution in [0.3, 0.4) is 0 Å². The summed E-state index contributed by atoms with van der Waals surface area (Å²) in [5.74, 6) is -0.152. The van der Waals surface area contributed by atoms with Gasteiger partial charge in [0.1, 0.15) is 5.82 Å². The Morgan fingerprint density at radius 1 is 1.67 bits per heavy atom. The Kier molecular flexibility index (Phi) is 3.62. The molecule has 6 nitrogen and oxygen atoms in total. The number of carbonyl (C=O) groups is 1.